The molecule has 0 fully saturated rings. The molecule has 0 spiro atoms. The first kappa shape index (κ1) is 11.7. The Morgan fingerprint density at radius 2 is 2.18 bits per heavy atom. The van der Waals surface area contributed by atoms with Crippen molar-refractivity contribution >= 4 is 23.2 Å². The molecule has 0 aliphatic rings. The molecular formula is C12H10ClFN2O. The Bertz CT molecular complexity index is 565. The van der Waals surface area contributed by atoms with Crippen molar-refractivity contribution in [1.82, 2.24) is 4.57 Å². The molecule has 0 atom stereocenters. The van der Waals surface area contributed by atoms with E-state index >= 15 is 0 Å². The molecule has 2 aromatic rings. The van der Waals surface area contributed by atoms with E-state index in [2.05, 4.69) is 5.32 Å². The van der Waals surface area contributed by atoms with E-state index in [0.717, 1.165) is 0 Å². The Balaban J connectivity index is 2.19. The Labute approximate surface area is 103 Å². The van der Waals surface area contributed by atoms with E-state index in [4.69, 9.17) is 11.6 Å². The van der Waals surface area contributed by atoms with Crippen LogP contribution in [0.15, 0.2) is 36.5 Å². The minimum atomic E-state index is -0.511. The third kappa shape index (κ3) is 2.47. The summed E-state index contributed by atoms with van der Waals surface area (Å²) in [4.78, 5) is 11.8. The van der Waals surface area contributed by atoms with Crippen molar-refractivity contribution in [1.29, 1.82) is 0 Å². The van der Waals surface area contributed by atoms with Gasteiger partial charge in [0.15, 0.2) is 0 Å². The van der Waals surface area contributed by atoms with E-state index in [1.807, 2.05) is 0 Å². The second-order valence-corrected chi connectivity index (χ2v) is 3.99. The van der Waals surface area contributed by atoms with Crippen LogP contribution >= 0.6 is 11.6 Å². The highest BCUT2D eigenvalue weighted by molar-refractivity contribution is 6.31. The van der Waals surface area contributed by atoms with Gasteiger partial charge in [-0.2, -0.15) is 0 Å². The summed E-state index contributed by atoms with van der Waals surface area (Å²) in [6, 6.07) is 7.51. The normalized spacial score (nSPS) is 10.3. The minimum Gasteiger partial charge on any atom is -0.347 e. The predicted molar refractivity (Wildman–Crippen MR) is 64.8 cm³/mol. The van der Waals surface area contributed by atoms with Gasteiger partial charge in [-0.25, -0.2) is 4.39 Å². The molecule has 3 nitrogen and oxygen atoms in total. The minimum absolute atomic E-state index is 0.0188. The van der Waals surface area contributed by atoms with E-state index in [1.54, 1.807) is 29.9 Å². The standard InChI is InChI=1S/C12H10ClFN2O/c1-16-6-2-3-11(16)12(17)15-8-4-5-10(14)9(13)7-8/h2-7H,1H3,(H,15,17). The number of amides is 1. The number of rotatable bonds is 2. The van der Waals surface area contributed by atoms with Gasteiger partial charge >= 0.3 is 0 Å². The molecule has 1 aromatic heterocycles. The third-order valence-corrected chi connectivity index (χ3v) is 2.64. The van der Waals surface area contributed by atoms with Crippen LogP contribution in [0.4, 0.5) is 10.1 Å². The van der Waals surface area contributed by atoms with Crippen LogP contribution < -0.4 is 5.32 Å². The molecule has 0 aliphatic heterocycles. The number of hydrogen-bond donors (Lipinski definition) is 1. The molecule has 0 saturated heterocycles. The van der Waals surface area contributed by atoms with Gasteiger partial charge in [0.25, 0.3) is 5.91 Å². The highest BCUT2D eigenvalue weighted by Crippen LogP contribution is 2.19. The first-order chi connectivity index (χ1) is 8.08. The van der Waals surface area contributed by atoms with Crippen molar-refractivity contribution in [3.8, 4) is 0 Å². The van der Waals surface area contributed by atoms with Crippen molar-refractivity contribution in [2.75, 3.05) is 5.32 Å². The van der Waals surface area contributed by atoms with Crippen molar-refractivity contribution in [2.45, 2.75) is 0 Å². The number of benzene rings is 1. The fourth-order valence-corrected chi connectivity index (χ4v) is 1.65. The maximum atomic E-state index is 12.9. The van der Waals surface area contributed by atoms with E-state index in [9.17, 15) is 9.18 Å². The van der Waals surface area contributed by atoms with Gasteiger partial charge in [0.1, 0.15) is 11.5 Å². The monoisotopic (exact) mass is 252 g/mol. The van der Waals surface area contributed by atoms with E-state index in [0.29, 0.717) is 11.4 Å². The number of carbonyl (C=O) groups is 1. The number of carbonyl (C=O) groups excluding carboxylic acids is 1. The molecule has 0 saturated carbocycles. The summed E-state index contributed by atoms with van der Waals surface area (Å²) >= 11 is 5.62. The molecule has 1 heterocycles. The Morgan fingerprint density at radius 3 is 2.76 bits per heavy atom. The lowest BCUT2D eigenvalue weighted by atomic mass is 10.3. The third-order valence-electron chi connectivity index (χ3n) is 2.35. The number of hydrogen-bond acceptors (Lipinski definition) is 1. The first-order valence-electron chi connectivity index (χ1n) is 4.95. The SMILES string of the molecule is Cn1cccc1C(=O)Nc1ccc(F)c(Cl)c1. The zero-order valence-corrected chi connectivity index (χ0v) is 9.83. The van der Waals surface area contributed by atoms with Crippen LogP contribution in [0, 0.1) is 5.82 Å². The average molecular weight is 253 g/mol. The van der Waals surface area contributed by atoms with E-state index in [1.165, 1.54) is 18.2 Å². The summed E-state index contributed by atoms with van der Waals surface area (Å²) < 4.78 is 14.6. The van der Waals surface area contributed by atoms with E-state index < -0.39 is 5.82 Å². The van der Waals surface area contributed by atoms with Gasteiger partial charge in [-0.3, -0.25) is 4.79 Å². The number of nitrogens with zero attached hydrogens (tertiary/aromatic N) is 1. The molecule has 5 heteroatoms. The van der Waals surface area contributed by atoms with Crippen molar-refractivity contribution < 1.29 is 9.18 Å². The smallest absolute Gasteiger partial charge is 0.272 e. The first-order valence-corrected chi connectivity index (χ1v) is 5.33. The van der Waals surface area contributed by atoms with Gasteiger partial charge in [-0.1, -0.05) is 11.6 Å². The zero-order valence-electron chi connectivity index (χ0n) is 9.08. The lowest BCUT2D eigenvalue weighted by molar-refractivity contribution is 0.101. The van der Waals surface area contributed by atoms with Crippen LogP contribution in [0.25, 0.3) is 0 Å². The molecule has 1 amide bonds. The number of nitrogens with one attached hydrogen (secondary N) is 1. The summed E-state index contributed by atoms with van der Waals surface area (Å²) in [5, 5.41) is 2.62. The maximum absolute atomic E-state index is 12.9. The van der Waals surface area contributed by atoms with Gasteiger partial charge in [0.05, 0.1) is 5.02 Å². The van der Waals surface area contributed by atoms with Gasteiger partial charge < -0.3 is 9.88 Å². The number of aromatic nitrogens is 1. The van der Waals surface area contributed by atoms with E-state index in [-0.39, 0.29) is 10.9 Å². The van der Waals surface area contributed by atoms with Crippen LogP contribution in [-0.2, 0) is 7.05 Å². The largest absolute Gasteiger partial charge is 0.347 e. The fraction of sp³-hybridized carbons (Fsp3) is 0.0833. The molecule has 2 rings (SSSR count). The predicted octanol–water partition coefficient (Wildman–Crippen LogP) is 3.07. The Hall–Kier alpha value is -1.81. The van der Waals surface area contributed by atoms with Crippen molar-refractivity contribution in [2.24, 2.45) is 7.05 Å². The van der Waals surface area contributed by atoms with Gasteiger partial charge in [-0.05, 0) is 30.3 Å². The summed E-state index contributed by atoms with van der Waals surface area (Å²) in [5.74, 6) is -0.774. The molecule has 0 unspecified atom stereocenters. The van der Waals surface area contributed by atoms with Gasteiger partial charge in [0, 0.05) is 18.9 Å². The lowest BCUT2D eigenvalue weighted by Gasteiger charge is -2.06. The van der Waals surface area contributed by atoms with Crippen LogP contribution in [0.2, 0.25) is 5.02 Å². The average Bonchev–Trinajstić information content (AvgIpc) is 2.70. The van der Waals surface area contributed by atoms with Crippen LogP contribution in [0.5, 0.6) is 0 Å². The van der Waals surface area contributed by atoms with Crippen molar-refractivity contribution in [3.05, 3.63) is 53.1 Å². The second kappa shape index (κ2) is 4.59. The second-order valence-electron chi connectivity index (χ2n) is 3.59. The molecule has 17 heavy (non-hydrogen) atoms. The Morgan fingerprint density at radius 1 is 1.41 bits per heavy atom. The summed E-state index contributed by atoms with van der Waals surface area (Å²) in [7, 11) is 1.77. The molecular weight excluding hydrogens is 243 g/mol. The zero-order chi connectivity index (χ0) is 12.4. The number of halogens is 2. The molecule has 0 radical (unpaired) electrons. The highest BCUT2D eigenvalue weighted by atomic mass is 35.5. The van der Waals surface area contributed by atoms with Crippen LogP contribution in [0.1, 0.15) is 10.5 Å². The van der Waals surface area contributed by atoms with Gasteiger partial charge in [0.2, 0.25) is 0 Å². The summed E-state index contributed by atoms with van der Waals surface area (Å²) in [6.45, 7) is 0. The number of aryl methyl sites for hydroxylation is 1. The van der Waals surface area contributed by atoms with Crippen LogP contribution in [-0.4, -0.2) is 10.5 Å². The molecule has 0 bridgehead atoms. The quantitative estimate of drug-likeness (QED) is 0.876. The summed E-state index contributed by atoms with van der Waals surface area (Å²) in [5.41, 5.74) is 0.980. The maximum Gasteiger partial charge on any atom is 0.272 e. The topological polar surface area (TPSA) is 34.0 Å². The molecule has 1 N–H and O–H groups in total. The van der Waals surface area contributed by atoms with Crippen LogP contribution in [0.3, 0.4) is 0 Å². The van der Waals surface area contributed by atoms with Crippen molar-refractivity contribution in [3.63, 3.8) is 0 Å². The molecule has 0 aliphatic carbocycles. The Kier molecular flexibility index (Phi) is 3.15. The van der Waals surface area contributed by atoms with Gasteiger partial charge in [-0.15, -0.1) is 0 Å². The highest BCUT2D eigenvalue weighted by Gasteiger charge is 2.09. The summed E-state index contributed by atoms with van der Waals surface area (Å²) in [6.07, 6.45) is 1.77. The molecule has 88 valence electrons. The molecule has 1 aromatic carbocycles. The number of anilines is 1. The lowest BCUT2D eigenvalue weighted by Crippen LogP contribution is -2.15. The fourth-order valence-electron chi connectivity index (χ4n) is 1.47.